The maximum absolute atomic E-state index is 10.4. The summed E-state index contributed by atoms with van der Waals surface area (Å²) in [4.78, 5) is 4.53. The number of aliphatic hydroxyl groups excluding tert-OH is 2. The van der Waals surface area contributed by atoms with Gasteiger partial charge in [-0.05, 0) is 97.2 Å². The first kappa shape index (κ1) is 30.1. The van der Waals surface area contributed by atoms with Crippen LogP contribution in [0, 0.1) is 6.07 Å². The van der Waals surface area contributed by atoms with Gasteiger partial charge in [0.15, 0.2) is 11.5 Å². The Morgan fingerprint density at radius 1 is 0.652 bits per heavy atom. The van der Waals surface area contributed by atoms with Gasteiger partial charge in [-0.15, -0.1) is 35.4 Å². The van der Waals surface area contributed by atoms with Crippen molar-refractivity contribution in [3.8, 4) is 56.1 Å². The Morgan fingerprint density at radius 3 is 2.07 bits per heavy atom. The van der Waals surface area contributed by atoms with E-state index in [0.29, 0.717) is 22.6 Å². The van der Waals surface area contributed by atoms with Crippen molar-refractivity contribution in [3.05, 3.63) is 149 Å². The predicted molar refractivity (Wildman–Crippen MR) is 192 cm³/mol. The van der Waals surface area contributed by atoms with Crippen LogP contribution in [0.25, 0.3) is 44.6 Å². The average Bonchev–Trinajstić information content (AvgIpc) is 3.56. The Balaban J connectivity index is 0. The van der Waals surface area contributed by atoms with Crippen molar-refractivity contribution in [2.45, 2.75) is 18.6 Å². The first-order valence-corrected chi connectivity index (χ1v) is 14.9. The minimum absolute atomic E-state index is 0. The van der Waals surface area contributed by atoms with Crippen LogP contribution >= 0.6 is 0 Å². The summed E-state index contributed by atoms with van der Waals surface area (Å²) in [6, 6.07) is 39.0. The van der Waals surface area contributed by atoms with Crippen molar-refractivity contribution >= 4 is 0 Å². The Labute approximate surface area is 293 Å². The van der Waals surface area contributed by atoms with Gasteiger partial charge in [0.1, 0.15) is 0 Å². The molecule has 2 aliphatic rings. The molecule has 0 bridgehead atoms. The van der Waals surface area contributed by atoms with Crippen LogP contribution in [0.5, 0.6) is 11.5 Å². The van der Waals surface area contributed by atoms with Gasteiger partial charge in [-0.3, -0.25) is 0 Å². The van der Waals surface area contributed by atoms with E-state index in [9.17, 15) is 10.2 Å². The number of pyridine rings is 1. The fraction of sp³-hybridized carbons (Fsp3) is 0.125. The van der Waals surface area contributed by atoms with E-state index >= 15 is 0 Å². The van der Waals surface area contributed by atoms with Crippen molar-refractivity contribution < 1.29 is 51.2 Å². The topological polar surface area (TPSA) is 71.8 Å². The van der Waals surface area contributed by atoms with E-state index in [0.717, 1.165) is 61.3 Å². The third kappa shape index (κ3) is 4.22. The molecule has 1 heterocycles. The van der Waals surface area contributed by atoms with E-state index in [-0.39, 0.29) is 44.7 Å². The van der Waals surface area contributed by atoms with E-state index in [4.69, 9.17) is 9.47 Å². The molecule has 1 unspecified atom stereocenters. The van der Waals surface area contributed by atoms with Gasteiger partial charge in [0, 0.05) is 37.7 Å². The number of benzene rings is 5. The zero-order valence-electron chi connectivity index (χ0n) is 25.3. The van der Waals surface area contributed by atoms with Gasteiger partial charge in [0.2, 0.25) is 0 Å². The van der Waals surface area contributed by atoms with Crippen molar-refractivity contribution in [1.29, 1.82) is 0 Å². The monoisotopic (exact) mass is 797 g/mol. The fourth-order valence-electron chi connectivity index (χ4n) is 7.43. The number of nitrogens with zero attached hydrogens (tertiary/aromatic N) is 1. The van der Waals surface area contributed by atoms with E-state index in [1.165, 1.54) is 5.56 Å². The number of aliphatic hydroxyl groups is 2. The first-order chi connectivity index (χ1) is 22.1. The molecule has 5 nitrogen and oxygen atoms in total. The molecular formula is C40H46IrNO4-. The Morgan fingerprint density at radius 2 is 1.30 bits per heavy atom. The number of ether oxygens (including phenoxy) is 2. The molecule has 1 aromatic heterocycles. The van der Waals surface area contributed by atoms with Crippen LogP contribution in [0.15, 0.2) is 109 Å². The smallest absolute Gasteiger partial charge is 0.161 e. The zero-order chi connectivity index (χ0) is 30.7. The van der Waals surface area contributed by atoms with Crippen LogP contribution in [0.4, 0.5) is 0 Å². The minimum Gasteiger partial charge on any atom is -0.493 e. The molecule has 0 aliphatic heterocycles. The second kappa shape index (κ2) is 11.7. The van der Waals surface area contributed by atoms with Crippen LogP contribution in [-0.4, -0.2) is 29.4 Å². The van der Waals surface area contributed by atoms with E-state index in [1.54, 1.807) is 20.4 Å². The van der Waals surface area contributed by atoms with Crippen molar-refractivity contribution in [1.82, 2.24) is 4.98 Å². The molecule has 1 radical (unpaired) electrons. The normalized spacial score (nSPS) is 15.0. The van der Waals surface area contributed by atoms with Gasteiger partial charge in [0.25, 0.3) is 0 Å². The fourth-order valence-corrected chi connectivity index (χ4v) is 7.43. The van der Waals surface area contributed by atoms with Gasteiger partial charge in [0.05, 0.1) is 32.8 Å². The summed E-state index contributed by atoms with van der Waals surface area (Å²) in [6.45, 7) is -0.330. The molecule has 6 heteroatoms. The molecule has 0 saturated heterocycles. The van der Waals surface area contributed by atoms with Gasteiger partial charge in [-0.2, -0.15) is 0 Å². The van der Waals surface area contributed by atoms with E-state index in [2.05, 4.69) is 77.8 Å². The molecule has 8 rings (SSSR count). The Hall–Kier alpha value is -4.58. The van der Waals surface area contributed by atoms with Gasteiger partial charge in [-0.1, -0.05) is 54.6 Å². The molecule has 0 fully saturated rings. The van der Waals surface area contributed by atoms with Crippen LogP contribution in [-0.2, 0) is 38.7 Å². The van der Waals surface area contributed by atoms with Gasteiger partial charge >= 0.3 is 0 Å². The van der Waals surface area contributed by atoms with Gasteiger partial charge < -0.3 is 24.7 Å². The molecule has 2 N–H and O–H groups in total. The number of hydrogen-bond acceptors (Lipinski definition) is 5. The SMILES string of the molecule is COc1cc2c(cc1OC)C1(c3ccccc3-c3cc(-c4cc[c-]c(-c5ccccn5)c4)ccc31)c1cc(CO)c(CO)cc1-2.[HH].[HH].[HH].[HH].[HH].[HH].[HH].[HH].[Ir]. The summed E-state index contributed by atoms with van der Waals surface area (Å²) in [5.74, 6) is 1.29. The molecule has 5 aromatic carbocycles. The molecule has 1 spiro atoms. The average molecular weight is 797 g/mol. The summed E-state index contributed by atoms with van der Waals surface area (Å²) in [5, 5.41) is 20.6. The molecule has 6 aromatic rings. The molecule has 46 heavy (non-hydrogen) atoms. The second-order valence-corrected chi connectivity index (χ2v) is 11.5. The van der Waals surface area contributed by atoms with Crippen molar-refractivity contribution in [3.63, 3.8) is 0 Å². The summed E-state index contributed by atoms with van der Waals surface area (Å²) in [7, 11) is 3.30. The maximum Gasteiger partial charge on any atom is 0.161 e. The maximum atomic E-state index is 10.4. The third-order valence-corrected chi connectivity index (χ3v) is 9.42. The summed E-state index contributed by atoms with van der Waals surface area (Å²) in [5.41, 5.74) is 13.6. The minimum atomic E-state index is -0.657. The van der Waals surface area contributed by atoms with E-state index < -0.39 is 5.41 Å². The van der Waals surface area contributed by atoms with Crippen LogP contribution in [0.1, 0.15) is 44.8 Å². The number of hydrogen-bond donors (Lipinski definition) is 2. The number of fused-ring (bicyclic) bond motifs is 10. The molecule has 0 amide bonds. The molecule has 2 aliphatic carbocycles. The first-order valence-electron chi connectivity index (χ1n) is 14.9. The quantitative estimate of drug-likeness (QED) is 0.164. The standard InChI is InChI=1S/C40H30NO4.Ir.8H2/c1-44-38-20-32-31-18-27(22-42)28(23-43)19-35(31)40(36(32)21-39(38)45-2)33-11-4-3-10-29(33)30-17-25(13-14-34(30)40)24-8-7-9-26(16-24)37-12-5-6-15-41-37;;;;;;;;;/h3-8,10-21,42-43H,22-23H2,1-2H3;;8*1H/q-1;;;;;;;;;. The predicted octanol–water partition coefficient (Wildman–Crippen LogP) is 9.53. The summed E-state index contributed by atoms with van der Waals surface area (Å²) < 4.78 is 11.6. The van der Waals surface area contributed by atoms with Crippen LogP contribution in [0.3, 0.4) is 0 Å². The van der Waals surface area contributed by atoms with Crippen LogP contribution in [0.2, 0.25) is 0 Å². The second-order valence-electron chi connectivity index (χ2n) is 11.5. The van der Waals surface area contributed by atoms with Gasteiger partial charge in [-0.25, -0.2) is 0 Å². The van der Waals surface area contributed by atoms with Crippen molar-refractivity contribution in [2.75, 3.05) is 14.2 Å². The molecule has 0 saturated carbocycles. The third-order valence-electron chi connectivity index (χ3n) is 9.42. The van der Waals surface area contributed by atoms with Crippen LogP contribution < -0.4 is 9.47 Å². The number of aromatic nitrogens is 1. The van der Waals surface area contributed by atoms with Crippen molar-refractivity contribution in [2.24, 2.45) is 0 Å². The van der Waals surface area contributed by atoms with E-state index in [1.807, 2.05) is 36.4 Å². The molecular weight excluding hydrogens is 751 g/mol. The summed E-state index contributed by atoms with van der Waals surface area (Å²) >= 11 is 0. The number of rotatable bonds is 6. The molecule has 1 atom stereocenters. The molecule has 245 valence electrons. The Bertz CT molecular complexity index is 2100. The Kier molecular flexibility index (Phi) is 7.62. The largest absolute Gasteiger partial charge is 0.493 e. The summed E-state index contributed by atoms with van der Waals surface area (Å²) in [6.07, 6.45) is 1.80. The number of methoxy groups -OCH3 is 2. The zero-order valence-corrected chi connectivity index (χ0v) is 27.7.